The van der Waals surface area contributed by atoms with Gasteiger partial charge in [0.05, 0.1) is 9.82 Å². The first kappa shape index (κ1) is 9.91. The third-order valence-corrected chi connectivity index (χ3v) is 2.21. The molecule has 0 radical (unpaired) electrons. The van der Waals surface area contributed by atoms with Crippen LogP contribution in [0.2, 0.25) is 0 Å². The van der Waals surface area contributed by atoms with Gasteiger partial charge in [0, 0.05) is 6.07 Å². The van der Waals surface area contributed by atoms with Crippen LogP contribution in [0, 0.1) is 21.7 Å². The highest BCUT2D eigenvalue weighted by Crippen LogP contribution is 2.29. The number of rotatable bonds is 2. The Hall–Kier alpha value is -1.17. The van der Waals surface area contributed by atoms with Gasteiger partial charge in [-0.3, -0.25) is 10.1 Å². The molecule has 1 aromatic carbocycles. The van der Waals surface area contributed by atoms with Gasteiger partial charge < -0.3 is 0 Å². The van der Waals surface area contributed by atoms with Crippen LogP contribution in [-0.2, 0) is 0 Å². The molecule has 0 aromatic heterocycles. The molecule has 0 aliphatic heterocycles. The molecule has 0 unspecified atom stereocenters. The van der Waals surface area contributed by atoms with Gasteiger partial charge in [0.25, 0.3) is 0 Å². The second kappa shape index (κ2) is 3.69. The summed E-state index contributed by atoms with van der Waals surface area (Å²) in [7, 11) is 0. The first-order valence-corrected chi connectivity index (χ1v) is 4.46. The summed E-state index contributed by atoms with van der Waals surface area (Å²) in [5.41, 5.74) is -0.703. The van der Waals surface area contributed by atoms with Gasteiger partial charge in [-0.15, -0.1) is 11.8 Å². The van der Waals surface area contributed by atoms with Crippen LogP contribution in [0.3, 0.4) is 0 Å². The van der Waals surface area contributed by atoms with Crippen molar-refractivity contribution in [3.8, 4) is 0 Å². The van der Waals surface area contributed by atoms with Crippen molar-refractivity contribution in [2.24, 2.45) is 0 Å². The Labute approximate surface area is 76.9 Å². The van der Waals surface area contributed by atoms with Gasteiger partial charge in [-0.25, -0.2) is 4.39 Å². The molecule has 0 spiro atoms. The minimum absolute atomic E-state index is 0.325. The summed E-state index contributed by atoms with van der Waals surface area (Å²) in [4.78, 5) is 9.03. The maximum atomic E-state index is 13.1. The summed E-state index contributed by atoms with van der Waals surface area (Å²) in [6.45, 7) is 0. The number of nitrogens with zero attached hydrogens (tertiary/aromatic N) is 1. The Morgan fingerprint density at radius 1 is 1.46 bits per heavy atom. The number of hydrogen-bond acceptors (Lipinski definition) is 3. The van der Waals surface area contributed by atoms with Crippen molar-refractivity contribution in [1.29, 1.82) is 0 Å². The van der Waals surface area contributed by atoms with E-state index in [1.165, 1.54) is 6.26 Å². The van der Waals surface area contributed by atoms with Crippen LogP contribution in [0.1, 0.15) is 0 Å². The van der Waals surface area contributed by atoms with Crippen LogP contribution in [0.4, 0.5) is 14.5 Å². The van der Waals surface area contributed by atoms with Crippen LogP contribution in [0.5, 0.6) is 0 Å². The molecule has 0 atom stereocenters. The van der Waals surface area contributed by atoms with Crippen molar-refractivity contribution in [2.45, 2.75) is 4.90 Å². The molecule has 0 bridgehead atoms. The van der Waals surface area contributed by atoms with E-state index in [-0.39, 0.29) is 4.90 Å². The van der Waals surface area contributed by atoms with E-state index in [1.807, 2.05) is 0 Å². The predicted octanol–water partition coefficient (Wildman–Crippen LogP) is 2.59. The van der Waals surface area contributed by atoms with Gasteiger partial charge in [-0.1, -0.05) is 0 Å². The van der Waals surface area contributed by atoms with Gasteiger partial charge in [0.2, 0.25) is 5.82 Å². The normalized spacial score (nSPS) is 10.1. The molecule has 0 aliphatic carbocycles. The minimum atomic E-state index is -1.11. The molecule has 0 heterocycles. The van der Waals surface area contributed by atoms with Crippen LogP contribution in [0.15, 0.2) is 17.0 Å². The molecule has 3 nitrogen and oxygen atoms in total. The van der Waals surface area contributed by atoms with Crippen molar-refractivity contribution in [1.82, 2.24) is 0 Å². The summed E-state index contributed by atoms with van der Waals surface area (Å²) < 4.78 is 25.9. The van der Waals surface area contributed by atoms with Crippen LogP contribution >= 0.6 is 11.8 Å². The molecule has 0 saturated carbocycles. The predicted molar refractivity (Wildman–Crippen MR) is 44.8 cm³/mol. The second-order valence-electron chi connectivity index (χ2n) is 2.17. The highest BCUT2D eigenvalue weighted by molar-refractivity contribution is 7.98. The fourth-order valence-electron chi connectivity index (χ4n) is 0.850. The standard InChI is InChI=1S/C7H5F2NO2S/c1-13-7-4(8)2-3-5(6(7)9)10(11)12/h2-3H,1H3. The smallest absolute Gasteiger partial charge is 0.258 e. The highest BCUT2D eigenvalue weighted by atomic mass is 32.2. The Kier molecular flexibility index (Phi) is 2.82. The number of benzene rings is 1. The lowest BCUT2D eigenvalue weighted by Crippen LogP contribution is -1.96. The Balaban J connectivity index is 3.35. The largest absolute Gasteiger partial charge is 0.306 e. The lowest BCUT2D eigenvalue weighted by molar-refractivity contribution is -0.387. The van der Waals surface area contributed by atoms with E-state index in [9.17, 15) is 18.9 Å². The van der Waals surface area contributed by atoms with Crippen molar-refractivity contribution in [3.63, 3.8) is 0 Å². The zero-order chi connectivity index (χ0) is 10.0. The van der Waals surface area contributed by atoms with Crippen molar-refractivity contribution < 1.29 is 13.7 Å². The highest BCUT2D eigenvalue weighted by Gasteiger charge is 2.20. The van der Waals surface area contributed by atoms with Gasteiger partial charge in [-0.05, 0) is 12.3 Å². The van der Waals surface area contributed by atoms with Gasteiger partial charge in [0.1, 0.15) is 5.82 Å². The van der Waals surface area contributed by atoms with Gasteiger partial charge in [0.15, 0.2) is 0 Å². The van der Waals surface area contributed by atoms with E-state index in [2.05, 4.69) is 0 Å². The SMILES string of the molecule is CSc1c(F)ccc([N+](=O)[O-])c1F. The second-order valence-corrected chi connectivity index (χ2v) is 2.99. The monoisotopic (exact) mass is 205 g/mol. The zero-order valence-corrected chi connectivity index (χ0v) is 7.40. The van der Waals surface area contributed by atoms with Crippen molar-refractivity contribution >= 4 is 17.4 Å². The minimum Gasteiger partial charge on any atom is -0.258 e. The Morgan fingerprint density at radius 3 is 2.54 bits per heavy atom. The van der Waals surface area contributed by atoms with Gasteiger partial charge >= 0.3 is 5.69 Å². The molecule has 0 N–H and O–H groups in total. The number of thioether (sulfide) groups is 1. The lowest BCUT2D eigenvalue weighted by Gasteiger charge is -2.00. The van der Waals surface area contributed by atoms with Crippen LogP contribution < -0.4 is 0 Å². The zero-order valence-electron chi connectivity index (χ0n) is 6.58. The van der Waals surface area contributed by atoms with Crippen molar-refractivity contribution in [3.05, 3.63) is 33.9 Å². The molecule has 1 aromatic rings. The molecule has 0 aliphatic rings. The maximum Gasteiger partial charge on any atom is 0.306 e. The summed E-state index contributed by atoms with van der Waals surface area (Å²) in [5, 5.41) is 10.2. The van der Waals surface area contributed by atoms with Gasteiger partial charge in [-0.2, -0.15) is 4.39 Å². The van der Waals surface area contributed by atoms with E-state index in [4.69, 9.17) is 0 Å². The quantitative estimate of drug-likeness (QED) is 0.423. The molecule has 13 heavy (non-hydrogen) atoms. The third-order valence-electron chi connectivity index (χ3n) is 1.43. The van der Waals surface area contributed by atoms with E-state index in [1.54, 1.807) is 0 Å². The van der Waals surface area contributed by atoms with E-state index in [0.29, 0.717) is 0 Å². The fraction of sp³-hybridized carbons (Fsp3) is 0.143. The number of halogens is 2. The van der Waals surface area contributed by atoms with E-state index in [0.717, 1.165) is 23.9 Å². The molecule has 1 rings (SSSR count). The topological polar surface area (TPSA) is 43.1 Å². The average Bonchev–Trinajstić information content (AvgIpc) is 2.04. The molecule has 0 amide bonds. The lowest BCUT2D eigenvalue weighted by atomic mass is 10.3. The van der Waals surface area contributed by atoms with E-state index >= 15 is 0 Å². The average molecular weight is 205 g/mol. The third kappa shape index (κ3) is 1.77. The first-order chi connectivity index (χ1) is 6.07. The summed E-state index contributed by atoms with van der Waals surface area (Å²) in [5.74, 6) is -1.90. The van der Waals surface area contributed by atoms with Crippen molar-refractivity contribution in [2.75, 3.05) is 6.26 Å². The molecular weight excluding hydrogens is 200 g/mol. The Morgan fingerprint density at radius 2 is 2.08 bits per heavy atom. The fourth-order valence-corrected chi connectivity index (χ4v) is 1.40. The molecule has 70 valence electrons. The summed E-state index contributed by atoms with van der Waals surface area (Å²) in [6, 6.07) is 1.69. The molecule has 0 saturated heterocycles. The maximum absolute atomic E-state index is 13.1. The number of nitro groups is 1. The summed E-state index contributed by atoms with van der Waals surface area (Å²) in [6.07, 6.45) is 1.45. The number of nitro benzene ring substituents is 1. The summed E-state index contributed by atoms with van der Waals surface area (Å²) >= 11 is 0.799. The van der Waals surface area contributed by atoms with E-state index < -0.39 is 22.2 Å². The molecule has 6 heteroatoms. The Bertz CT molecular complexity index is 357. The first-order valence-electron chi connectivity index (χ1n) is 3.24. The van der Waals surface area contributed by atoms with Crippen LogP contribution in [-0.4, -0.2) is 11.2 Å². The number of hydrogen-bond donors (Lipinski definition) is 0. The molecular formula is C7H5F2NO2S. The van der Waals surface area contributed by atoms with Crippen LogP contribution in [0.25, 0.3) is 0 Å². The molecule has 0 fully saturated rings.